The first-order valence-electron chi connectivity index (χ1n) is 8.16. The standard InChI is InChI=1S/C22H21S/c1-13-14(2)16(4)22(15(13)3)21-11-20(17-9-10-23-12-17)18-7-5-6-8-19(18)21/h5-12,21H,1-4H3. The van der Waals surface area contributed by atoms with Crippen molar-refractivity contribution in [2.75, 3.05) is 0 Å². The molecule has 1 atom stereocenters. The van der Waals surface area contributed by atoms with Gasteiger partial charge in [0.25, 0.3) is 0 Å². The molecular weight excluding hydrogens is 296 g/mol. The molecule has 1 heterocycles. The number of allylic oxidation sites excluding steroid dienone is 5. The van der Waals surface area contributed by atoms with Gasteiger partial charge in [0.1, 0.15) is 0 Å². The van der Waals surface area contributed by atoms with Crippen LogP contribution >= 0.6 is 11.3 Å². The summed E-state index contributed by atoms with van der Waals surface area (Å²) in [4.78, 5) is 0. The first-order valence-corrected chi connectivity index (χ1v) is 9.10. The van der Waals surface area contributed by atoms with E-state index in [4.69, 9.17) is 0 Å². The molecule has 1 unspecified atom stereocenters. The highest BCUT2D eigenvalue weighted by Gasteiger charge is 2.36. The van der Waals surface area contributed by atoms with Crippen LogP contribution in [0.4, 0.5) is 0 Å². The lowest BCUT2D eigenvalue weighted by molar-refractivity contribution is 0.898. The van der Waals surface area contributed by atoms with Crippen LogP contribution in [0.15, 0.2) is 69.5 Å². The molecular formula is C22H21S. The monoisotopic (exact) mass is 317 g/mol. The van der Waals surface area contributed by atoms with E-state index in [2.05, 4.69) is 74.9 Å². The highest BCUT2D eigenvalue weighted by atomic mass is 32.1. The van der Waals surface area contributed by atoms with Crippen LogP contribution in [0.5, 0.6) is 0 Å². The molecule has 0 fully saturated rings. The number of fused-ring (bicyclic) bond motifs is 1. The summed E-state index contributed by atoms with van der Waals surface area (Å²) in [6, 6.07) is 11.1. The Bertz CT molecular complexity index is 835. The van der Waals surface area contributed by atoms with E-state index in [1.807, 2.05) is 0 Å². The Morgan fingerprint density at radius 2 is 1.52 bits per heavy atom. The summed E-state index contributed by atoms with van der Waals surface area (Å²) >= 11 is 1.77. The van der Waals surface area contributed by atoms with Gasteiger partial charge in [0.05, 0.1) is 0 Å². The van der Waals surface area contributed by atoms with Gasteiger partial charge in [-0.05, 0) is 77.9 Å². The molecule has 23 heavy (non-hydrogen) atoms. The summed E-state index contributed by atoms with van der Waals surface area (Å²) in [5.41, 5.74) is 11.4. The summed E-state index contributed by atoms with van der Waals surface area (Å²) in [5, 5.41) is 4.42. The Morgan fingerprint density at radius 3 is 2.17 bits per heavy atom. The van der Waals surface area contributed by atoms with Crippen LogP contribution in [0.2, 0.25) is 0 Å². The van der Waals surface area contributed by atoms with Crippen LogP contribution in [0.3, 0.4) is 0 Å². The third kappa shape index (κ3) is 2.10. The van der Waals surface area contributed by atoms with Gasteiger partial charge in [-0.2, -0.15) is 11.3 Å². The number of benzene rings is 1. The minimum Gasteiger partial charge on any atom is -0.152 e. The Balaban J connectivity index is 1.88. The lowest BCUT2D eigenvalue weighted by atomic mass is 9.81. The van der Waals surface area contributed by atoms with Gasteiger partial charge in [-0.25, -0.2) is 0 Å². The zero-order valence-electron chi connectivity index (χ0n) is 14.1. The van der Waals surface area contributed by atoms with Crippen LogP contribution in [0.25, 0.3) is 5.57 Å². The molecule has 2 aromatic rings. The number of rotatable bonds is 2. The molecule has 0 N–H and O–H groups in total. The topological polar surface area (TPSA) is 0 Å². The van der Waals surface area contributed by atoms with E-state index in [0.717, 1.165) is 0 Å². The van der Waals surface area contributed by atoms with Gasteiger partial charge in [0.2, 0.25) is 0 Å². The minimum atomic E-state index is 0.383. The van der Waals surface area contributed by atoms with Crippen molar-refractivity contribution >= 4 is 16.9 Å². The fourth-order valence-corrected chi connectivity index (χ4v) is 4.64. The Kier molecular flexibility index (Phi) is 3.42. The van der Waals surface area contributed by atoms with Crippen molar-refractivity contribution in [3.8, 4) is 0 Å². The average molecular weight is 317 g/mol. The fourth-order valence-electron chi connectivity index (χ4n) is 3.98. The summed E-state index contributed by atoms with van der Waals surface area (Å²) < 4.78 is 0. The maximum atomic E-state index is 2.47. The fraction of sp³-hybridized carbons (Fsp3) is 0.227. The minimum absolute atomic E-state index is 0.383. The van der Waals surface area contributed by atoms with Crippen molar-refractivity contribution in [1.82, 2.24) is 0 Å². The van der Waals surface area contributed by atoms with E-state index >= 15 is 0 Å². The van der Waals surface area contributed by atoms with Crippen molar-refractivity contribution in [2.24, 2.45) is 0 Å². The van der Waals surface area contributed by atoms with Gasteiger partial charge >= 0.3 is 0 Å². The molecule has 0 spiro atoms. The second-order valence-electron chi connectivity index (χ2n) is 6.57. The largest absolute Gasteiger partial charge is 0.152 e. The van der Waals surface area contributed by atoms with E-state index in [0.29, 0.717) is 5.92 Å². The van der Waals surface area contributed by atoms with Crippen LogP contribution in [-0.2, 0) is 0 Å². The van der Waals surface area contributed by atoms with Crippen molar-refractivity contribution in [3.05, 3.63) is 92.1 Å². The molecule has 115 valence electrons. The van der Waals surface area contributed by atoms with Gasteiger partial charge in [0, 0.05) is 11.8 Å². The summed E-state index contributed by atoms with van der Waals surface area (Å²) in [6.07, 6.45) is 2.47. The quantitative estimate of drug-likeness (QED) is 0.590. The summed E-state index contributed by atoms with van der Waals surface area (Å²) in [6.45, 7) is 9.07. The molecule has 0 nitrogen and oxygen atoms in total. The maximum absolute atomic E-state index is 2.47. The predicted octanol–water partition coefficient (Wildman–Crippen LogP) is 6.54. The van der Waals surface area contributed by atoms with Gasteiger partial charge < -0.3 is 0 Å². The molecule has 0 bridgehead atoms. The van der Waals surface area contributed by atoms with Crippen LogP contribution in [0.1, 0.15) is 50.3 Å². The normalized spacial score (nSPS) is 21.2. The van der Waals surface area contributed by atoms with Gasteiger partial charge in [-0.1, -0.05) is 41.5 Å². The molecule has 0 aliphatic heterocycles. The number of hydrogen-bond donors (Lipinski definition) is 0. The van der Waals surface area contributed by atoms with E-state index in [9.17, 15) is 0 Å². The number of hydrogen-bond acceptors (Lipinski definition) is 1. The highest BCUT2D eigenvalue weighted by molar-refractivity contribution is 7.08. The van der Waals surface area contributed by atoms with Crippen LogP contribution in [-0.4, -0.2) is 0 Å². The molecule has 1 heteroatoms. The molecule has 0 saturated heterocycles. The Labute approximate surface area is 142 Å². The molecule has 1 aromatic carbocycles. The zero-order valence-corrected chi connectivity index (χ0v) is 14.9. The SMILES string of the molecule is CC1=C(C)C(C)=C(C)[C]1C1C=C(c2ccsc2)c2ccccc21. The average Bonchev–Trinajstić information content (AvgIpc) is 3.24. The molecule has 4 rings (SSSR count). The van der Waals surface area contributed by atoms with Crippen molar-refractivity contribution < 1.29 is 0 Å². The Hall–Kier alpha value is -1.86. The summed E-state index contributed by atoms with van der Waals surface area (Å²) in [5.74, 6) is 1.89. The van der Waals surface area contributed by atoms with E-state index in [1.54, 1.807) is 11.3 Å². The third-order valence-electron chi connectivity index (χ3n) is 5.56. The maximum Gasteiger partial charge on any atom is 0.0370 e. The smallest absolute Gasteiger partial charge is 0.0370 e. The van der Waals surface area contributed by atoms with Crippen LogP contribution < -0.4 is 0 Å². The van der Waals surface area contributed by atoms with E-state index < -0.39 is 0 Å². The van der Waals surface area contributed by atoms with E-state index in [-0.39, 0.29) is 0 Å². The second kappa shape index (κ2) is 5.35. The molecule has 2 aliphatic rings. The second-order valence-corrected chi connectivity index (χ2v) is 7.35. The first kappa shape index (κ1) is 14.7. The van der Waals surface area contributed by atoms with Gasteiger partial charge in [-0.3, -0.25) is 0 Å². The number of thiophene rings is 1. The lowest BCUT2D eigenvalue weighted by Gasteiger charge is -2.22. The molecule has 1 radical (unpaired) electrons. The highest BCUT2D eigenvalue weighted by Crippen LogP contribution is 2.52. The summed E-state index contributed by atoms with van der Waals surface area (Å²) in [7, 11) is 0. The van der Waals surface area contributed by atoms with Gasteiger partial charge in [-0.15, -0.1) is 0 Å². The van der Waals surface area contributed by atoms with Crippen molar-refractivity contribution in [2.45, 2.75) is 33.6 Å². The van der Waals surface area contributed by atoms with Crippen molar-refractivity contribution in [3.63, 3.8) is 0 Å². The van der Waals surface area contributed by atoms with Crippen molar-refractivity contribution in [1.29, 1.82) is 0 Å². The van der Waals surface area contributed by atoms with Gasteiger partial charge in [0.15, 0.2) is 0 Å². The molecule has 0 saturated carbocycles. The third-order valence-corrected chi connectivity index (χ3v) is 6.24. The molecule has 1 aromatic heterocycles. The lowest BCUT2D eigenvalue weighted by Crippen LogP contribution is -2.08. The molecule has 0 amide bonds. The van der Waals surface area contributed by atoms with E-state index in [1.165, 1.54) is 50.5 Å². The Morgan fingerprint density at radius 1 is 0.826 bits per heavy atom. The van der Waals surface area contributed by atoms with Crippen LogP contribution in [0, 0.1) is 5.92 Å². The molecule has 2 aliphatic carbocycles. The predicted molar refractivity (Wildman–Crippen MR) is 101 cm³/mol. The first-order chi connectivity index (χ1) is 11.1. The zero-order chi connectivity index (χ0) is 16.1.